The molecule has 2 heterocycles. The number of carbonyl (C=O) groups excluding carboxylic acids is 2. The molecule has 0 radical (unpaired) electrons. The highest BCUT2D eigenvalue weighted by molar-refractivity contribution is 5.99. The van der Waals surface area contributed by atoms with Gasteiger partial charge in [0.15, 0.2) is 5.75 Å². The first-order valence-electron chi connectivity index (χ1n) is 10.5. The third kappa shape index (κ3) is 5.47. The second kappa shape index (κ2) is 9.71. The van der Waals surface area contributed by atoms with E-state index in [1.807, 2.05) is 0 Å². The molecule has 190 valence electrons. The van der Waals surface area contributed by atoms with Crippen LogP contribution >= 0.6 is 0 Å². The molecule has 2 N–H and O–H groups in total. The Morgan fingerprint density at radius 3 is 2.39 bits per heavy atom. The lowest BCUT2D eigenvalue weighted by Gasteiger charge is -2.16. The van der Waals surface area contributed by atoms with Crippen LogP contribution in [-0.2, 0) is 17.5 Å². The topological polar surface area (TPSA) is 138 Å². The molecule has 1 fully saturated rings. The van der Waals surface area contributed by atoms with Gasteiger partial charge in [0.05, 0.1) is 39.2 Å². The van der Waals surface area contributed by atoms with Gasteiger partial charge in [-0.25, -0.2) is 9.97 Å². The quantitative estimate of drug-likeness (QED) is 0.448. The molecule has 4 rings (SSSR count). The number of ether oxygens (including phenoxy) is 3. The number of nitrogens with one attached hydrogen (secondary N) is 2. The van der Waals surface area contributed by atoms with Crippen LogP contribution in [0.15, 0.2) is 41.2 Å². The maximum atomic E-state index is 13.4. The molecule has 2 amide bonds. The summed E-state index contributed by atoms with van der Waals surface area (Å²) in [6, 6.07) is 4.59. The summed E-state index contributed by atoms with van der Waals surface area (Å²) in [6.45, 7) is -0.0802. The molecule has 0 aliphatic heterocycles. The van der Waals surface area contributed by atoms with Crippen molar-refractivity contribution in [1.82, 2.24) is 25.8 Å². The van der Waals surface area contributed by atoms with Gasteiger partial charge in [0.25, 0.3) is 11.8 Å². The maximum absolute atomic E-state index is 13.4. The van der Waals surface area contributed by atoms with Crippen molar-refractivity contribution < 1.29 is 41.5 Å². The van der Waals surface area contributed by atoms with Gasteiger partial charge < -0.3 is 29.4 Å². The average molecular weight is 507 g/mol. The zero-order valence-corrected chi connectivity index (χ0v) is 19.0. The SMILES string of the molecule is COc1ccc(Oc2cnc(CNC(=O)C3(NC(=O)c4cc(OC)no4)CC3)nc2)c(C(F)(F)F)c1. The van der Waals surface area contributed by atoms with E-state index in [9.17, 15) is 22.8 Å². The number of hydrogen-bond donors (Lipinski definition) is 2. The number of halogens is 3. The zero-order valence-electron chi connectivity index (χ0n) is 19.0. The van der Waals surface area contributed by atoms with Gasteiger partial charge in [-0.2, -0.15) is 13.2 Å². The first kappa shape index (κ1) is 24.8. The monoisotopic (exact) mass is 507 g/mol. The first-order chi connectivity index (χ1) is 17.1. The van der Waals surface area contributed by atoms with Gasteiger partial charge in [0.2, 0.25) is 11.7 Å². The largest absolute Gasteiger partial charge is 0.497 e. The summed E-state index contributed by atoms with van der Waals surface area (Å²) in [5, 5.41) is 8.79. The molecule has 0 bridgehead atoms. The lowest BCUT2D eigenvalue weighted by atomic mass is 10.2. The molecule has 1 aliphatic carbocycles. The van der Waals surface area contributed by atoms with Gasteiger partial charge in [-0.3, -0.25) is 9.59 Å². The molecule has 0 saturated heterocycles. The highest BCUT2D eigenvalue weighted by Gasteiger charge is 2.51. The predicted octanol–water partition coefficient (Wildman–Crippen LogP) is 2.87. The van der Waals surface area contributed by atoms with E-state index in [0.29, 0.717) is 12.8 Å². The Morgan fingerprint density at radius 1 is 1.08 bits per heavy atom. The van der Waals surface area contributed by atoms with Crippen molar-refractivity contribution in [2.75, 3.05) is 14.2 Å². The smallest absolute Gasteiger partial charge is 0.420 e. The Labute approximate surface area is 201 Å². The molecule has 14 heteroatoms. The van der Waals surface area contributed by atoms with E-state index < -0.39 is 34.8 Å². The molecule has 1 aliphatic rings. The van der Waals surface area contributed by atoms with Gasteiger partial charge in [0.1, 0.15) is 28.4 Å². The summed E-state index contributed by atoms with van der Waals surface area (Å²) in [5.74, 6) is -1.30. The molecule has 0 spiro atoms. The summed E-state index contributed by atoms with van der Waals surface area (Å²) in [4.78, 5) is 33.0. The van der Waals surface area contributed by atoms with E-state index in [2.05, 4.69) is 25.8 Å². The Hall–Kier alpha value is -4.36. The standard InChI is InChI=1S/C22H20F3N5O6/c1-33-12-3-4-15(14(7-12)22(23,24)25)35-13-9-26-17(27-10-13)11-28-20(32)21(5-6-21)29-19(31)16-8-18(34-2)30-36-16/h3-4,7-10H,5-6,11H2,1-2H3,(H,28,32)(H,29,31). The third-order valence-electron chi connectivity index (χ3n) is 5.27. The van der Waals surface area contributed by atoms with Crippen LogP contribution in [0, 0.1) is 0 Å². The normalized spacial score (nSPS) is 14.0. The summed E-state index contributed by atoms with van der Waals surface area (Å²) < 4.78 is 60.0. The number of methoxy groups -OCH3 is 2. The van der Waals surface area contributed by atoms with Gasteiger partial charge in [-0.05, 0) is 36.2 Å². The minimum Gasteiger partial charge on any atom is -0.497 e. The lowest BCUT2D eigenvalue weighted by molar-refractivity contribution is -0.138. The van der Waals surface area contributed by atoms with E-state index in [4.69, 9.17) is 18.7 Å². The van der Waals surface area contributed by atoms with Crippen LogP contribution in [-0.4, -0.2) is 46.7 Å². The van der Waals surface area contributed by atoms with Crippen molar-refractivity contribution in [2.24, 2.45) is 0 Å². The zero-order chi connectivity index (χ0) is 25.9. The maximum Gasteiger partial charge on any atom is 0.420 e. The van der Waals surface area contributed by atoms with Crippen molar-refractivity contribution in [1.29, 1.82) is 0 Å². The molecule has 2 aromatic heterocycles. The Kier molecular flexibility index (Phi) is 6.68. The minimum absolute atomic E-state index is 0.0298. The van der Waals surface area contributed by atoms with E-state index in [1.165, 1.54) is 38.7 Å². The Balaban J connectivity index is 1.35. The lowest BCUT2D eigenvalue weighted by Crippen LogP contribution is -2.48. The van der Waals surface area contributed by atoms with Gasteiger partial charge >= 0.3 is 6.18 Å². The van der Waals surface area contributed by atoms with Crippen LogP contribution in [0.25, 0.3) is 0 Å². The van der Waals surface area contributed by atoms with Crippen molar-refractivity contribution in [3.8, 4) is 23.1 Å². The number of amides is 2. The fraction of sp³-hybridized carbons (Fsp3) is 0.318. The Morgan fingerprint density at radius 2 is 1.81 bits per heavy atom. The molecule has 36 heavy (non-hydrogen) atoms. The molecule has 3 aromatic rings. The van der Waals surface area contributed by atoms with Crippen molar-refractivity contribution >= 4 is 11.8 Å². The molecule has 1 aromatic carbocycles. The van der Waals surface area contributed by atoms with Crippen LogP contribution in [0.1, 0.15) is 34.8 Å². The van der Waals surface area contributed by atoms with E-state index in [0.717, 1.165) is 12.1 Å². The van der Waals surface area contributed by atoms with Gasteiger partial charge in [0, 0.05) is 0 Å². The third-order valence-corrected chi connectivity index (χ3v) is 5.27. The van der Waals surface area contributed by atoms with Crippen molar-refractivity contribution in [3.63, 3.8) is 0 Å². The van der Waals surface area contributed by atoms with Crippen LogP contribution in [0.5, 0.6) is 23.1 Å². The van der Waals surface area contributed by atoms with Gasteiger partial charge in [-0.1, -0.05) is 0 Å². The summed E-state index contributed by atoms with van der Waals surface area (Å²) in [5.41, 5.74) is -2.11. The van der Waals surface area contributed by atoms with Crippen molar-refractivity contribution in [3.05, 3.63) is 53.8 Å². The van der Waals surface area contributed by atoms with E-state index >= 15 is 0 Å². The number of carbonyl (C=O) groups is 2. The highest BCUT2D eigenvalue weighted by Crippen LogP contribution is 2.40. The predicted molar refractivity (Wildman–Crippen MR) is 114 cm³/mol. The van der Waals surface area contributed by atoms with E-state index in [1.54, 1.807) is 0 Å². The fourth-order valence-electron chi connectivity index (χ4n) is 3.16. The van der Waals surface area contributed by atoms with Crippen LogP contribution in [0.4, 0.5) is 13.2 Å². The molecule has 11 nitrogen and oxygen atoms in total. The summed E-state index contributed by atoms with van der Waals surface area (Å²) >= 11 is 0. The second-order valence-corrected chi connectivity index (χ2v) is 7.75. The molecular weight excluding hydrogens is 487 g/mol. The van der Waals surface area contributed by atoms with Crippen LogP contribution in [0.3, 0.4) is 0 Å². The number of nitrogens with zero attached hydrogens (tertiary/aromatic N) is 3. The molecule has 1 saturated carbocycles. The second-order valence-electron chi connectivity index (χ2n) is 7.75. The number of benzene rings is 1. The number of aromatic nitrogens is 3. The van der Waals surface area contributed by atoms with Crippen LogP contribution in [0.2, 0.25) is 0 Å². The Bertz CT molecular complexity index is 1260. The minimum atomic E-state index is -4.66. The van der Waals surface area contributed by atoms with Gasteiger partial charge in [-0.15, -0.1) is 0 Å². The number of rotatable bonds is 9. The first-order valence-corrected chi connectivity index (χ1v) is 10.5. The molecule has 0 atom stereocenters. The highest BCUT2D eigenvalue weighted by atomic mass is 19.4. The molecular formula is C22H20F3N5O6. The summed E-state index contributed by atoms with van der Waals surface area (Å²) in [7, 11) is 2.63. The van der Waals surface area contributed by atoms with E-state index in [-0.39, 0.29) is 35.5 Å². The summed E-state index contributed by atoms with van der Waals surface area (Å²) in [6.07, 6.45) is -1.45. The number of hydrogen-bond acceptors (Lipinski definition) is 9. The molecule has 0 unspecified atom stereocenters. The van der Waals surface area contributed by atoms with Crippen LogP contribution < -0.4 is 24.8 Å². The van der Waals surface area contributed by atoms with Crippen molar-refractivity contribution in [2.45, 2.75) is 31.1 Å². The average Bonchev–Trinajstić information content (AvgIpc) is 3.47. The number of alkyl halides is 3. The fourth-order valence-corrected chi connectivity index (χ4v) is 3.16.